The van der Waals surface area contributed by atoms with Gasteiger partial charge in [0.2, 0.25) is 0 Å². The molecule has 0 spiro atoms. The zero-order chi connectivity index (χ0) is 21.4. The van der Waals surface area contributed by atoms with Gasteiger partial charge in [0, 0.05) is 13.2 Å². The van der Waals surface area contributed by atoms with Gasteiger partial charge in [0.25, 0.3) is 0 Å². The van der Waals surface area contributed by atoms with E-state index in [2.05, 4.69) is 16.9 Å². The molecule has 0 bridgehead atoms. The van der Waals surface area contributed by atoms with Crippen molar-refractivity contribution in [2.75, 3.05) is 18.6 Å². The van der Waals surface area contributed by atoms with Gasteiger partial charge in [-0.2, -0.15) is 18.2 Å². The van der Waals surface area contributed by atoms with Gasteiger partial charge < -0.3 is 14.4 Å². The molecule has 29 heavy (non-hydrogen) atoms. The summed E-state index contributed by atoms with van der Waals surface area (Å²) in [5, 5.41) is 0. The van der Waals surface area contributed by atoms with Gasteiger partial charge in [-0.1, -0.05) is 38.3 Å². The fourth-order valence-electron chi connectivity index (χ4n) is 2.78. The fourth-order valence-corrected chi connectivity index (χ4v) is 2.78. The lowest BCUT2D eigenvalue weighted by atomic mass is 10.2. The molecule has 0 atom stereocenters. The molecule has 5 nitrogen and oxygen atoms in total. The molecule has 0 radical (unpaired) electrons. The first-order valence-electron chi connectivity index (χ1n) is 9.80. The number of aromatic nitrogens is 2. The van der Waals surface area contributed by atoms with Crippen LogP contribution in [0, 0.1) is 0 Å². The van der Waals surface area contributed by atoms with Gasteiger partial charge in [-0.25, -0.2) is 4.98 Å². The van der Waals surface area contributed by atoms with Crippen LogP contribution in [-0.2, 0) is 6.18 Å². The van der Waals surface area contributed by atoms with Gasteiger partial charge in [0.15, 0.2) is 5.82 Å². The van der Waals surface area contributed by atoms with E-state index in [0.29, 0.717) is 18.0 Å². The molecule has 0 aliphatic rings. The second-order valence-electron chi connectivity index (χ2n) is 6.99. The quantitative estimate of drug-likeness (QED) is 0.448. The highest BCUT2D eigenvalue weighted by molar-refractivity contribution is 5.68. The number of benzene rings is 1. The summed E-state index contributed by atoms with van der Waals surface area (Å²) in [5.41, 5.74) is -0.461. The number of halogens is 3. The molecule has 8 heteroatoms. The van der Waals surface area contributed by atoms with Crippen LogP contribution in [-0.4, -0.2) is 29.7 Å². The minimum atomic E-state index is -4.60. The van der Waals surface area contributed by atoms with Crippen molar-refractivity contribution < 1.29 is 22.6 Å². The van der Waals surface area contributed by atoms with Crippen LogP contribution in [0.15, 0.2) is 30.5 Å². The van der Waals surface area contributed by atoms with E-state index in [1.807, 2.05) is 13.8 Å². The van der Waals surface area contributed by atoms with Crippen LogP contribution in [0.25, 0.3) is 0 Å². The maximum Gasteiger partial charge on any atom is 0.421 e. The standard InChI is InChI=1S/C21H28F3N3O2/c1-5-6-7-10-13-28-20-25-14-16(21(22,23)24)19(26-20)27(4)17-11-8-9-12-18(17)29-15(2)3/h8-9,11-12,14-15H,5-7,10,13H2,1-4H3. The van der Waals surface area contributed by atoms with Crippen molar-refractivity contribution >= 4 is 11.5 Å². The van der Waals surface area contributed by atoms with Gasteiger partial charge in [-0.15, -0.1) is 0 Å². The smallest absolute Gasteiger partial charge is 0.421 e. The molecular weight excluding hydrogens is 383 g/mol. The van der Waals surface area contributed by atoms with Crippen molar-refractivity contribution in [1.29, 1.82) is 0 Å². The highest BCUT2D eigenvalue weighted by atomic mass is 19.4. The van der Waals surface area contributed by atoms with Crippen molar-refractivity contribution in [1.82, 2.24) is 9.97 Å². The zero-order valence-corrected chi connectivity index (χ0v) is 17.3. The summed E-state index contributed by atoms with van der Waals surface area (Å²) in [7, 11) is 1.52. The van der Waals surface area contributed by atoms with Crippen molar-refractivity contribution in [3.05, 3.63) is 36.0 Å². The number of hydrogen-bond donors (Lipinski definition) is 0. The van der Waals surface area contributed by atoms with Crippen molar-refractivity contribution in [3.63, 3.8) is 0 Å². The predicted molar refractivity (Wildman–Crippen MR) is 107 cm³/mol. The van der Waals surface area contributed by atoms with Crippen molar-refractivity contribution in [2.45, 2.75) is 58.7 Å². The summed E-state index contributed by atoms with van der Waals surface area (Å²) in [4.78, 5) is 9.18. The average molecular weight is 411 g/mol. The van der Waals surface area contributed by atoms with Crippen LogP contribution >= 0.6 is 0 Å². The van der Waals surface area contributed by atoms with Crippen LogP contribution in [0.5, 0.6) is 11.8 Å². The third-order valence-corrected chi connectivity index (χ3v) is 4.19. The maximum absolute atomic E-state index is 13.6. The summed E-state index contributed by atoms with van der Waals surface area (Å²) in [6, 6.07) is 6.83. The molecule has 0 amide bonds. The van der Waals surface area contributed by atoms with Crippen LogP contribution in [0.2, 0.25) is 0 Å². The Morgan fingerprint density at radius 1 is 1.10 bits per heavy atom. The summed E-state index contributed by atoms with van der Waals surface area (Å²) < 4.78 is 52.0. The topological polar surface area (TPSA) is 47.5 Å². The Bertz CT molecular complexity index is 782. The lowest BCUT2D eigenvalue weighted by molar-refractivity contribution is -0.137. The van der Waals surface area contributed by atoms with Crippen LogP contribution in [0.3, 0.4) is 0 Å². The highest BCUT2D eigenvalue weighted by Crippen LogP contribution is 2.40. The third kappa shape index (κ3) is 6.51. The van der Waals surface area contributed by atoms with Crippen molar-refractivity contribution in [3.8, 4) is 11.8 Å². The summed E-state index contributed by atoms with van der Waals surface area (Å²) in [6.45, 7) is 6.17. The zero-order valence-electron chi connectivity index (χ0n) is 17.3. The van der Waals surface area contributed by atoms with Gasteiger partial charge in [0.05, 0.1) is 18.4 Å². The minimum Gasteiger partial charge on any atom is -0.489 e. The molecule has 0 aliphatic heterocycles. The van der Waals surface area contributed by atoms with E-state index in [-0.39, 0.29) is 17.9 Å². The monoisotopic (exact) mass is 411 g/mol. The van der Waals surface area contributed by atoms with Gasteiger partial charge in [0.1, 0.15) is 11.3 Å². The van der Waals surface area contributed by atoms with E-state index in [0.717, 1.165) is 31.9 Å². The number of nitrogens with zero attached hydrogens (tertiary/aromatic N) is 3. The molecule has 0 unspecified atom stereocenters. The Hall–Kier alpha value is -2.51. The van der Waals surface area contributed by atoms with E-state index in [9.17, 15) is 13.2 Å². The van der Waals surface area contributed by atoms with E-state index in [1.54, 1.807) is 24.3 Å². The number of anilines is 2. The molecule has 0 fully saturated rings. The summed E-state index contributed by atoms with van der Waals surface area (Å²) in [6.07, 6.45) is 0.00202. The number of para-hydroxylation sites is 2. The van der Waals surface area contributed by atoms with E-state index in [4.69, 9.17) is 9.47 Å². The highest BCUT2D eigenvalue weighted by Gasteiger charge is 2.37. The molecule has 2 rings (SSSR count). The SMILES string of the molecule is CCCCCCOc1ncc(C(F)(F)F)c(N(C)c2ccccc2OC(C)C)n1. The molecule has 0 saturated carbocycles. The summed E-state index contributed by atoms with van der Waals surface area (Å²) >= 11 is 0. The van der Waals surface area contributed by atoms with Gasteiger partial charge in [-0.3, -0.25) is 0 Å². The fraction of sp³-hybridized carbons (Fsp3) is 0.524. The first-order valence-corrected chi connectivity index (χ1v) is 9.80. The van der Waals surface area contributed by atoms with E-state index >= 15 is 0 Å². The van der Waals surface area contributed by atoms with E-state index < -0.39 is 11.7 Å². The molecule has 160 valence electrons. The Labute approximate surface area is 169 Å². The lowest BCUT2D eigenvalue weighted by Crippen LogP contribution is -2.20. The number of rotatable bonds is 10. The number of hydrogen-bond acceptors (Lipinski definition) is 5. The first-order chi connectivity index (χ1) is 13.7. The third-order valence-electron chi connectivity index (χ3n) is 4.19. The minimum absolute atomic E-state index is 0.0707. The molecule has 1 heterocycles. The Kier molecular flexibility index (Phi) is 8.10. The lowest BCUT2D eigenvalue weighted by Gasteiger charge is -2.25. The van der Waals surface area contributed by atoms with Gasteiger partial charge >= 0.3 is 12.2 Å². The largest absolute Gasteiger partial charge is 0.489 e. The second-order valence-corrected chi connectivity index (χ2v) is 6.99. The van der Waals surface area contributed by atoms with Crippen LogP contribution in [0.1, 0.15) is 52.0 Å². The van der Waals surface area contributed by atoms with Crippen LogP contribution in [0.4, 0.5) is 24.7 Å². The average Bonchev–Trinajstić information content (AvgIpc) is 2.66. The summed E-state index contributed by atoms with van der Waals surface area (Å²) in [5.74, 6) is 0.189. The molecule has 0 saturated heterocycles. The maximum atomic E-state index is 13.6. The molecule has 1 aromatic heterocycles. The molecule has 1 aromatic carbocycles. The van der Waals surface area contributed by atoms with Crippen LogP contribution < -0.4 is 14.4 Å². The Balaban J connectivity index is 2.34. The first kappa shape index (κ1) is 22.8. The number of unbranched alkanes of at least 4 members (excludes halogenated alkanes) is 3. The van der Waals surface area contributed by atoms with E-state index in [1.165, 1.54) is 11.9 Å². The second kappa shape index (κ2) is 10.3. The molecule has 0 N–H and O–H groups in total. The Morgan fingerprint density at radius 3 is 2.48 bits per heavy atom. The molecule has 2 aromatic rings. The number of ether oxygens (including phenoxy) is 2. The van der Waals surface area contributed by atoms with Crippen molar-refractivity contribution in [2.24, 2.45) is 0 Å². The van der Waals surface area contributed by atoms with Gasteiger partial charge in [-0.05, 0) is 32.4 Å². The predicted octanol–water partition coefficient (Wildman–Crippen LogP) is 6.01. The Morgan fingerprint density at radius 2 is 1.83 bits per heavy atom. The molecule has 0 aliphatic carbocycles. The normalized spacial score (nSPS) is 11.6. The molecular formula is C21H28F3N3O2. The number of alkyl halides is 3.